The summed E-state index contributed by atoms with van der Waals surface area (Å²) in [5, 5.41) is 5.69. The third-order valence-electron chi connectivity index (χ3n) is 10.7. The Morgan fingerprint density at radius 3 is 1.13 bits per heavy atom. The summed E-state index contributed by atoms with van der Waals surface area (Å²) in [4.78, 5) is 68.3. The van der Waals surface area contributed by atoms with Gasteiger partial charge >= 0.3 is 23.9 Å². The van der Waals surface area contributed by atoms with E-state index in [-0.39, 0.29) is 82.8 Å². The average Bonchev–Trinajstić information content (AvgIpc) is 3.87. The Labute approximate surface area is 393 Å². The number of rotatable bonds is 18. The molecular formula is C52H53N3O13. The predicted octanol–water partition coefficient (Wildman–Crippen LogP) is 6.11. The number of carbonyl (C=O) groups excluding carboxylic acids is 5. The van der Waals surface area contributed by atoms with Crippen molar-refractivity contribution in [3.05, 3.63) is 142 Å². The molecule has 16 heteroatoms. The summed E-state index contributed by atoms with van der Waals surface area (Å²) in [6.07, 6.45) is 0.994. The van der Waals surface area contributed by atoms with E-state index >= 15 is 0 Å². The summed E-state index contributed by atoms with van der Waals surface area (Å²) in [5.41, 5.74) is 6.16. The molecule has 2 aliphatic rings. The molecule has 0 aromatic heterocycles. The SMILES string of the molecule is CCOC(=O)COc1c2cccc1Cc1cccc(c1OCC(=O)OCC)Cc1cccc(c1OCC(=O)Oc1ccc(NC(=O)C3=NCCN3)cc1)Cc1cccc(c1OCC(=O)OCC)C2. The van der Waals surface area contributed by atoms with Crippen LogP contribution in [0.25, 0.3) is 0 Å². The Bertz CT molecular complexity index is 2550. The number of para-hydroxylation sites is 4. The van der Waals surface area contributed by atoms with E-state index in [0.29, 0.717) is 75.2 Å². The molecule has 354 valence electrons. The lowest BCUT2D eigenvalue weighted by Crippen LogP contribution is -2.32. The van der Waals surface area contributed by atoms with E-state index in [4.69, 9.17) is 37.9 Å². The number of benzene rings is 5. The molecule has 0 fully saturated rings. The number of nitrogens with zero attached hydrogens (tertiary/aromatic N) is 1. The lowest BCUT2D eigenvalue weighted by Gasteiger charge is -2.22. The van der Waals surface area contributed by atoms with Crippen molar-refractivity contribution in [1.82, 2.24) is 5.32 Å². The van der Waals surface area contributed by atoms with Crippen LogP contribution in [0.3, 0.4) is 0 Å². The molecule has 0 saturated carbocycles. The zero-order chi connectivity index (χ0) is 47.8. The number of carbonyl (C=O) groups is 5. The normalized spacial score (nSPS) is 12.6. The highest BCUT2D eigenvalue weighted by Gasteiger charge is 2.24. The number of nitrogens with one attached hydrogen (secondary N) is 2. The van der Waals surface area contributed by atoms with Gasteiger partial charge in [-0.1, -0.05) is 72.8 Å². The van der Waals surface area contributed by atoms with Gasteiger partial charge in [0.25, 0.3) is 5.91 Å². The molecular weight excluding hydrogens is 875 g/mol. The lowest BCUT2D eigenvalue weighted by molar-refractivity contribution is -0.146. The first kappa shape index (κ1) is 48.1. The number of esters is 4. The Hall–Kier alpha value is -7.88. The molecule has 16 nitrogen and oxygen atoms in total. The third kappa shape index (κ3) is 12.7. The van der Waals surface area contributed by atoms with Crippen LogP contribution in [0.5, 0.6) is 28.7 Å². The highest BCUT2D eigenvalue weighted by atomic mass is 16.6. The van der Waals surface area contributed by atoms with Crippen LogP contribution in [-0.4, -0.2) is 95.0 Å². The van der Waals surface area contributed by atoms with Crippen molar-refractivity contribution in [1.29, 1.82) is 0 Å². The topological polar surface area (TPSA) is 196 Å². The number of ether oxygens (including phenoxy) is 8. The fourth-order valence-corrected chi connectivity index (χ4v) is 7.87. The zero-order valence-electron chi connectivity index (χ0n) is 38.2. The minimum Gasteiger partial charge on any atom is -0.481 e. The molecule has 0 saturated heterocycles. The number of aliphatic imine (C=N–C) groups is 1. The second-order valence-electron chi connectivity index (χ2n) is 15.5. The van der Waals surface area contributed by atoms with Crippen molar-refractivity contribution >= 4 is 41.3 Å². The number of hydrogen-bond donors (Lipinski definition) is 2. The predicted molar refractivity (Wildman–Crippen MR) is 250 cm³/mol. The number of amidine groups is 1. The van der Waals surface area contributed by atoms with Crippen molar-refractivity contribution in [3.8, 4) is 28.7 Å². The zero-order valence-corrected chi connectivity index (χ0v) is 38.2. The summed E-state index contributed by atoms with van der Waals surface area (Å²) >= 11 is 0. The van der Waals surface area contributed by atoms with Gasteiger partial charge in [-0.15, -0.1) is 0 Å². The Morgan fingerprint density at radius 2 is 0.824 bits per heavy atom. The van der Waals surface area contributed by atoms with Crippen LogP contribution in [-0.2, 0) is 63.9 Å². The molecule has 1 amide bonds. The van der Waals surface area contributed by atoms with Gasteiger partial charge in [0.1, 0.15) is 28.7 Å². The van der Waals surface area contributed by atoms with Gasteiger partial charge in [-0.3, -0.25) is 9.79 Å². The quantitative estimate of drug-likeness (QED) is 0.0569. The minimum absolute atomic E-state index is 0.177. The highest BCUT2D eigenvalue weighted by Crippen LogP contribution is 2.39. The summed E-state index contributed by atoms with van der Waals surface area (Å²) < 4.78 is 46.7. The fourth-order valence-electron chi connectivity index (χ4n) is 7.87. The molecule has 1 aliphatic carbocycles. The van der Waals surface area contributed by atoms with Crippen LogP contribution in [0.2, 0.25) is 0 Å². The molecule has 1 heterocycles. The maximum Gasteiger partial charge on any atom is 0.349 e. The van der Waals surface area contributed by atoms with Crippen LogP contribution >= 0.6 is 0 Å². The minimum atomic E-state index is -0.683. The molecule has 0 atom stereocenters. The number of amides is 1. The van der Waals surface area contributed by atoms with Crippen molar-refractivity contribution < 1.29 is 61.9 Å². The molecule has 0 unspecified atom stereocenters. The van der Waals surface area contributed by atoms with Gasteiger partial charge in [0.15, 0.2) is 32.3 Å². The standard InChI is InChI=1S/C52H53N3O13/c1-4-61-43(56)29-64-47-33-11-7-12-34(47)26-36-14-9-16-38(49(36)66-31-45(58)63-6-3)28-40-18-10-17-39(27-37-15-8-13-35(25-33)48(37)65-30-44(57)62-5-2)50(40)67-32-46(59)68-42-21-19-41(20-22-42)55-52(60)51-53-23-24-54-51/h7-22H,4-6,23-32H2,1-3H3,(H,53,54)(H,55,60). The first-order valence-corrected chi connectivity index (χ1v) is 22.4. The smallest absolute Gasteiger partial charge is 0.349 e. The molecule has 68 heavy (non-hydrogen) atoms. The fraction of sp³-hybridized carbons (Fsp3) is 0.308. The maximum atomic E-state index is 13.5. The number of anilines is 1. The third-order valence-corrected chi connectivity index (χ3v) is 10.7. The molecule has 5 aromatic rings. The first-order chi connectivity index (χ1) is 33.1. The van der Waals surface area contributed by atoms with Gasteiger partial charge in [0, 0.05) is 37.9 Å². The molecule has 0 spiro atoms. The van der Waals surface area contributed by atoms with E-state index in [2.05, 4.69) is 15.6 Å². The van der Waals surface area contributed by atoms with Crippen molar-refractivity contribution in [3.63, 3.8) is 0 Å². The molecule has 7 rings (SSSR count). The van der Waals surface area contributed by atoms with Gasteiger partial charge in [0.2, 0.25) is 0 Å². The molecule has 5 aromatic carbocycles. The van der Waals surface area contributed by atoms with Crippen LogP contribution in [0.15, 0.2) is 102 Å². The van der Waals surface area contributed by atoms with E-state index in [9.17, 15) is 24.0 Å². The second kappa shape index (κ2) is 23.5. The Morgan fingerprint density at radius 1 is 0.485 bits per heavy atom. The van der Waals surface area contributed by atoms with Crippen molar-refractivity contribution in [2.45, 2.75) is 46.5 Å². The van der Waals surface area contributed by atoms with E-state index in [0.717, 1.165) is 11.1 Å². The Kier molecular flexibility index (Phi) is 16.6. The maximum absolute atomic E-state index is 13.5. The van der Waals surface area contributed by atoms with Gasteiger partial charge in [-0.25, -0.2) is 19.2 Å². The first-order valence-electron chi connectivity index (χ1n) is 22.4. The molecule has 1 aliphatic heterocycles. The van der Waals surface area contributed by atoms with Crippen LogP contribution in [0, 0.1) is 0 Å². The van der Waals surface area contributed by atoms with E-state index in [1.807, 2.05) is 72.8 Å². The molecule has 0 radical (unpaired) electrons. The highest BCUT2D eigenvalue weighted by molar-refractivity contribution is 6.42. The summed E-state index contributed by atoms with van der Waals surface area (Å²) in [5.74, 6) is -0.428. The van der Waals surface area contributed by atoms with Crippen molar-refractivity contribution in [2.75, 3.05) is 64.7 Å². The van der Waals surface area contributed by atoms with E-state index in [1.54, 1.807) is 45.0 Å². The monoisotopic (exact) mass is 927 g/mol. The van der Waals surface area contributed by atoms with Gasteiger partial charge in [-0.2, -0.15) is 0 Å². The Balaban J connectivity index is 1.27. The van der Waals surface area contributed by atoms with Crippen LogP contribution in [0.1, 0.15) is 65.3 Å². The van der Waals surface area contributed by atoms with Crippen molar-refractivity contribution in [2.24, 2.45) is 4.99 Å². The lowest BCUT2D eigenvalue weighted by atomic mass is 9.91. The summed E-state index contributed by atoms with van der Waals surface area (Å²) in [7, 11) is 0. The van der Waals surface area contributed by atoms with Gasteiger partial charge < -0.3 is 48.5 Å². The average molecular weight is 928 g/mol. The molecule has 8 bridgehead atoms. The molecule has 2 N–H and O–H groups in total. The van der Waals surface area contributed by atoms with Gasteiger partial charge in [0.05, 0.1) is 26.4 Å². The summed E-state index contributed by atoms with van der Waals surface area (Å²) in [6.45, 7) is 5.28. The van der Waals surface area contributed by atoms with Gasteiger partial charge in [-0.05, 0) is 89.5 Å². The van der Waals surface area contributed by atoms with Crippen LogP contribution in [0.4, 0.5) is 5.69 Å². The van der Waals surface area contributed by atoms with E-state index in [1.165, 1.54) is 0 Å². The largest absolute Gasteiger partial charge is 0.481 e. The second-order valence-corrected chi connectivity index (χ2v) is 15.5. The number of hydrogen-bond acceptors (Lipinski definition) is 15. The summed E-state index contributed by atoms with van der Waals surface area (Å²) in [6, 6.07) is 29.1. The number of fused-ring (bicyclic) bond motifs is 8. The van der Waals surface area contributed by atoms with E-state index < -0.39 is 30.5 Å². The van der Waals surface area contributed by atoms with Crippen LogP contribution < -0.4 is 34.3 Å².